The fourth-order valence-electron chi connectivity index (χ4n) is 4.47. The third kappa shape index (κ3) is 4.87. The molecule has 0 radical (unpaired) electrons. The number of aryl methyl sites for hydroxylation is 2. The molecule has 0 saturated carbocycles. The van der Waals surface area contributed by atoms with Gasteiger partial charge in [0.25, 0.3) is 0 Å². The molecule has 2 aromatic heterocycles. The molecule has 3 aromatic rings. The molecule has 1 amide bonds. The molecule has 0 aliphatic carbocycles. The number of benzene rings is 1. The van der Waals surface area contributed by atoms with Crippen molar-refractivity contribution in [2.75, 3.05) is 57.4 Å². The maximum atomic E-state index is 11.6. The third-order valence-electron chi connectivity index (χ3n) is 6.65. The molecule has 2 aliphatic heterocycles. The van der Waals surface area contributed by atoms with Gasteiger partial charge in [0, 0.05) is 56.8 Å². The monoisotopic (exact) mass is 481 g/mol. The number of ether oxygens (including phenoxy) is 2. The van der Waals surface area contributed by atoms with Gasteiger partial charge in [-0.05, 0) is 43.7 Å². The Balaban J connectivity index is 1.35. The van der Waals surface area contributed by atoms with Gasteiger partial charge in [0.15, 0.2) is 0 Å². The average molecular weight is 482 g/mol. The zero-order valence-corrected chi connectivity index (χ0v) is 20.9. The van der Waals surface area contributed by atoms with Gasteiger partial charge in [-0.1, -0.05) is 0 Å². The normalized spacial score (nSPS) is 17.4. The van der Waals surface area contributed by atoms with Gasteiger partial charge in [-0.15, -0.1) is 11.3 Å². The Morgan fingerprint density at radius 3 is 2.41 bits per heavy atom. The number of anilines is 1. The SMILES string of the molecule is CC(=O)N1CCN(c2ccc(Oc3nc(CN4CCOCC4)nc4sc(C)c(C)c34)cc2)CC1. The Labute approximate surface area is 204 Å². The Kier molecular flexibility index (Phi) is 6.67. The van der Waals surface area contributed by atoms with Gasteiger partial charge < -0.3 is 19.3 Å². The van der Waals surface area contributed by atoms with E-state index in [1.165, 1.54) is 10.4 Å². The molecule has 9 heteroatoms. The summed E-state index contributed by atoms with van der Waals surface area (Å²) in [6.45, 7) is 13.0. The molecule has 0 bridgehead atoms. The zero-order chi connectivity index (χ0) is 23.7. The minimum Gasteiger partial charge on any atom is -0.438 e. The molecule has 2 fully saturated rings. The van der Waals surface area contributed by atoms with Crippen molar-refractivity contribution in [3.8, 4) is 11.6 Å². The number of aromatic nitrogens is 2. The molecule has 180 valence electrons. The fourth-order valence-corrected chi connectivity index (χ4v) is 5.51. The number of nitrogens with zero attached hydrogens (tertiary/aromatic N) is 5. The van der Waals surface area contributed by atoms with Crippen LogP contribution in [0.3, 0.4) is 0 Å². The molecule has 0 N–H and O–H groups in total. The summed E-state index contributed by atoms with van der Waals surface area (Å²) in [4.78, 5) is 30.0. The molecule has 1 aromatic carbocycles. The second kappa shape index (κ2) is 9.85. The first-order chi connectivity index (χ1) is 16.5. The highest BCUT2D eigenvalue weighted by Crippen LogP contribution is 2.37. The van der Waals surface area contributed by atoms with Crippen molar-refractivity contribution in [2.45, 2.75) is 27.3 Å². The topological polar surface area (TPSA) is 71.0 Å². The highest BCUT2D eigenvalue weighted by Gasteiger charge is 2.21. The Morgan fingerprint density at radius 2 is 1.74 bits per heavy atom. The lowest BCUT2D eigenvalue weighted by Crippen LogP contribution is -2.48. The molecule has 0 atom stereocenters. The van der Waals surface area contributed by atoms with Crippen molar-refractivity contribution in [1.82, 2.24) is 19.8 Å². The zero-order valence-electron chi connectivity index (χ0n) is 20.0. The van der Waals surface area contributed by atoms with Gasteiger partial charge in [-0.2, -0.15) is 4.98 Å². The van der Waals surface area contributed by atoms with E-state index in [0.29, 0.717) is 12.4 Å². The van der Waals surface area contributed by atoms with E-state index < -0.39 is 0 Å². The van der Waals surface area contributed by atoms with Crippen molar-refractivity contribution in [1.29, 1.82) is 0 Å². The van der Waals surface area contributed by atoms with E-state index in [4.69, 9.17) is 19.4 Å². The Morgan fingerprint density at radius 1 is 1.03 bits per heavy atom. The van der Waals surface area contributed by atoms with Crippen LogP contribution in [0.15, 0.2) is 24.3 Å². The quantitative estimate of drug-likeness (QED) is 0.551. The van der Waals surface area contributed by atoms with Gasteiger partial charge in [0.05, 0.1) is 25.1 Å². The van der Waals surface area contributed by atoms with Crippen LogP contribution in [-0.4, -0.2) is 78.2 Å². The van der Waals surface area contributed by atoms with Crippen LogP contribution in [-0.2, 0) is 16.1 Å². The molecule has 2 saturated heterocycles. The summed E-state index contributed by atoms with van der Waals surface area (Å²) in [6, 6.07) is 8.16. The molecule has 5 rings (SSSR count). The minimum atomic E-state index is 0.145. The van der Waals surface area contributed by atoms with E-state index in [0.717, 1.165) is 80.0 Å². The smallest absolute Gasteiger partial charge is 0.231 e. The summed E-state index contributed by atoms with van der Waals surface area (Å²) in [7, 11) is 0. The van der Waals surface area contributed by atoms with Crippen LogP contribution in [0.5, 0.6) is 11.6 Å². The van der Waals surface area contributed by atoms with Gasteiger partial charge in [-0.3, -0.25) is 9.69 Å². The predicted molar refractivity (Wildman–Crippen MR) is 134 cm³/mol. The molecule has 34 heavy (non-hydrogen) atoms. The number of carbonyl (C=O) groups excluding carboxylic acids is 1. The highest BCUT2D eigenvalue weighted by molar-refractivity contribution is 7.18. The van der Waals surface area contributed by atoms with Crippen LogP contribution in [0.2, 0.25) is 0 Å². The van der Waals surface area contributed by atoms with Crippen molar-refractivity contribution in [3.05, 3.63) is 40.5 Å². The summed E-state index contributed by atoms with van der Waals surface area (Å²) in [6.07, 6.45) is 0. The number of thiophene rings is 1. The number of hydrogen-bond donors (Lipinski definition) is 0. The molecular formula is C25H31N5O3S. The summed E-state index contributed by atoms with van der Waals surface area (Å²) < 4.78 is 11.8. The van der Waals surface area contributed by atoms with Crippen molar-refractivity contribution in [3.63, 3.8) is 0 Å². The van der Waals surface area contributed by atoms with Crippen LogP contribution in [0.25, 0.3) is 10.2 Å². The van der Waals surface area contributed by atoms with Crippen molar-refractivity contribution in [2.24, 2.45) is 0 Å². The Bertz CT molecular complexity index is 1170. The predicted octanol–water partition coefficient (Wildman–Crippen LogP) is 3.60. The maximum Gasteiger partial charge on any atom is 0.231 e. The molecule has 4 heterocycles. The minimum absolute atomic E-state index is 0.145. The molecule has 0 unspecified atom stereocenters. The van der Waals surface area contributed by atoms with E-state index in [9.17, 15) is 4.79 Å². The van der Waals surface area contributed by atoms with Gasteiger partial charge in [-0.25, -0.2) is 4.98 Å². The van der Waals surface area contributed by atoms with Crippen LogP contribution in [0.1, 0.15) is 23.2 Å². The van der Waals surface area contributed by atoms with Crippen molar-refractivity contribution < 1.29 is 14.3 Å². The number of carbonyl (C=O) groups is 1. The second-order valence-corrected chi connectivity index (χ2v) is 10.1. The van der Waals surface area contributed by atoms with Crippen LogP contribution in [0, 0.1) is 13.8 Å². The first-order valence-electron chi connectivity index (χ1n) is 11.8. The first-order valence-corrected chi connectivity index (χ1v) is 12.6. The summed E-state index contributed by atoms with van der Waals surface area (Å²) in [5, 5.41) is 0.998. The lowest BCUT2D eigenvalue weighted by Gasteiger charge is -2.35. The standard InChI is InChI=1S/C25H31N5O3S/c1-17-18(2)34-25-23(17)24(26-22(27-25)16-28-12-14-32-15-13-28)33-21-6-4-20(5-7-21)30-10-8-29(9-11-30)19(3)31/h4-7H,8-16H2,1-3H3. The van der Waals surface area contributed by atoms with Crippen LogP contribution in [0.4, 0.5) is 5.69 Å². The number of hydrogen-bond acceptors (Lipinski definition) is 8. The van der Waals surface area contributed by atoms with E-state index in [-0.39, 0.29) is 5.91 Å². The van der Waals surface area contributed by atoms with Gasteiger partial charge >= 0.3 is 0 Å². The third-order valence-corrected chi connectivity index (χ3v) is 7.75. The number of piperazine rings is 1. The van der Waals surface area contributed by atoms with E-state index in [1.807, 2.05) is 17.0 Å². The largest absolute Gasteiger partial charge is 0.438 e. The molecule has 0 spiro atoms. The second-order valence-electron chi connectivity index (χ2n) is 8.89. The maximum absolute atomic E-state index is 11.6. The fraction of sp³-hybridized carbons (Fsp3) is 0.480. The van der Waals surface area contributed by atoms with Crippen molar-refractivity contribution >= 4 is 33.1 Å². The Hall–Kier alpha value is -2.75. The van der Waals surface area contributed by atoms with Gasteiger partial charge in [0.2, 0.25) is 11.8 Å². The van der Waals surface area contributed by atoms with Crippen LogP contribution >= 0.6 is 11.3 Å². The van der Waals surface area contributed by atoms with Crippen LogP contribution < -0.4 is 9.64 Å². The van der Waals surface area contributed by atoms with E-state index >= 15 is 0 Å². The lowest BCUT2D eigenvalue weighted by atomic mass is 10.2. The summed E-state index contributed by atoms with van der Waals surface area (Å²) in [5.41, 5.74) is 2.31. The lowest BCUT2D eigenvalue weighted by molar-refractivity contribution is -0.129. The molecule has 8 nitrogen and oxygen atoms in total. The summed E-state index contributed by atoms with van der Waals surface area (Å²) in [5.74, 6) is 2.31. The molecule has 2 aliphatic rings. The molecular weight excluding hydrogens is 450 g/mol. The van der Waals surface area contributed by atoms with E-state index in [2.05, 4.69) is 35.8 Å². The average Bonchev–Trinajstić information content (AvgIpc) is 3.13. The number of fused-ring (bicyclic) bond motifs is 1. The number of amides is 1. The number of morpholine rings is 1. The number of rotatable bonds is 5. The van der Waals surface area contributed by atoms with Gasteiger partial charge in [0.1, 0.15) is 16.4 Å². The summed E-state index contributed by atoms with van der Waals surface area (Å²) >= 11 is 1.69. The van der Waals surface area contributed by atoms with E-state index in [1.54, 1.807) is 18.3 Å². The highest BCUT2D eigenvalue weighted by atomic mass is 32.1. The first kappa shape index (κ1) is 23.0.